The summed E-state index contributed by atoms with van der Waals surface area (Å²) >= 11 is 0. The fourth-order valence-corrected chi connectivity index (χ4v) is 3.64. The van der Waals surface area contributed by atoms with Crippen molar-refractivity contribution in [2.75, 3.05) is 6.61 Å². The number of rotatable bonds is 6. The average molecular weight is 253 g/mol. The Balaban J connectivity index is 1.91. The second-order valence-electron chi connectivity index (χ2n) is 6.71. The molecule has 18 heavy (non-hydrogen) atoms. The third-order valence-electron chi connectivity index (χ3n) is 4.78. The molecular formula is C16H31NO. The highest BCUT2D eigenvalue weighted by Crippen LogP contribution is 2.45. The largest absolute Gasteiger partial charge is 0.375 e. The van der Waals surface area contributed by atoms with Crippen molar-refractivity contribution in [2.45, 2.75) is 89.8 Å². The van der Waals surface area contributed by atoms with Gasteiger partial charge in [0.05, 0.1) is 5.60 Å². The van der Waals surface area contributed by atoms with Crippen LogP contribution in [0.2, 0.25) is 0 Å². The van der Waals surface area contributed by atoms with Gasteiger partial charge in [-0.05, 0) is 44.4 Å². The second kappa shape index (κ2) is 6.38. The Morgan fingerprint density at radius 1 is 1.33 bits per heavy atom. The summed E-state index contributed by atoms with van der Waals surface area (Å²) in [5, 5.41) is 3.81. The molecule has 2 rings (SSSR count). The topological polar surface area (TPSA) is 21.3 Å². The van der Waals surface area contributed by atoms with Crippen LogP contribution in [0.3, 0.4) is 0 Å². The van der Waals surface area contributed by atoms with Gasteiger partial charge >= 0.3 is 0 Å². The molecular weight excluding hydrogens is 222 g/mol. The van der Waals surface area contributed by atoms with E-state index >= 15 is 0 Å². The standard InChI is InChI=1S/C16H31NO/c1-4-5-7-15(17-13(2)3)14-8-11-18-16(12-14)9-6-10-16/h13-15,17H,4-12H2,1-3H3. The van der Waals surface area contributed by atoms with Crippen molar-refractivity contribution < 1.29 is 4.74 Å². The fourth-order valence-electron chi connectivity index (χ4n) is 3.64. The van der Waals surface area contributed by atoms with E-state index in [1.807, 2.05) is 0 Å². The molecule has 0 aromatic rings. The molecule has 2 unspecified atom stereocenters. The number of nitrogens with one attached hydrogen (secondary N) is 1. The van der Waals surface area contributed by atoms with Gasteiger partial charge < -0.3 is 10.1 Å². The molecule has 1 aliphatic heterocycles. The fraction of sp³-hybridized carbons (Fsp3) is 1.00. The quantitative estimate of drug-likeness (QED) is 0.775. The van der Waals surface area contributed by atoms with Gasteiger partial charge in [0.15, 0.2) is 0 Å². The summed E-state index contributed by atoms with van der Waals surface area (Å²) in [6, 6.07) is 1.32. The molecule has 0 aromatic heterocycles. The summed E-state index contributed by atoms with van der Waals surface area (Å²) in [7, 11) is 0. The monoisotopic (exact) mass is 253 g/mol. The van der Waals surface area contributed by atoms with E-state index in [9.17, 15) is 0 Å². The van der Waals surface area contributed by atoms with Crippen molar-refractivity contribution in [1.29, 1.82) is 0 Å². The molecule has 2 heteroatoms. The van der Waals surface area contributed by atoms with E-state index in [1.165, 1.54) is 51.4 Å². The molecule has 1 saturated heterocycles. The zero-order chi connectivity index (χ0) is 13.0. The number of hydrogen-bond acceptors (Lipinski definition) is 2. The van der Waals surface area contributed by atoms with Crippen molar-refractivity contribution in [3.8, 4) is 0 Å². The zero-order valence-electron chi connectivity index (χ0n) is 12.5. The Kier molecular flexibility index (Phi) is 5.08. The molecule has 2 aliphatic rings. The predicted molar refractivity (Wildman–Crippen MR) is 76.8 cm³/mol. The molecule has 0 radical (unpaired) electrons. The van der Waals surface area contributed by atoms with Gasteiger partial charge in [0.25, 0.3) is 0 Å². The van der Waals surface area contributed by atoms with Crippen LogP contribution in [0.5, 0.6) is 0 Å². The minimum absolute atomic E-state index is 0.298. The molecule has 0 amide bonds. The maximum atomic E-state index is 6.06. The van der Waals surface area contributed by atoms with E-state index in [1.54, 1.807) is 0 Å². The maximum Gasteiger partial charge on any atom is 0.0685 e. The minimum Gasteiger partial charge on any atom is -0.375 e. The van der Waals surface area contributed by atoms with E-state index in [4.69, 9.17) is 4.74 Å². The van der Waals surface area contributed by atoms with Crippen LogP contribution in [0.1, 0.15) is 72.1 Å². The lowest BCUT2D eigenvalue weighted by atomic mass is 9.70. The van der Waals surface area contributed by atoms with Gasteiger partial charge in [-0.25, -0.2) is 0 Å². The van der Waals surface area contributed by atoms with Crippen molar-refractivity contribution in [1.82, 2.24) is 5.32 Å². The SMILES string of the molecule is CCCCC(NC(C)C)C1CCOC2(CCC2)C1. The van der Waals surface area contributed by atoms with Crippen molar-refractivity contribution in [2.24, 2.45) is 5.92 Å². The van der Waals surface area contributed by atoms with Crippen LogP contribution < -0.4 is 5.32 Å². The third kappa shape index (κ3) is 3.48. The minimum atomic E-state index is 0.298. The van der Waals surface area contributed by atoms with Crippen LogP contribution in [0, 0.1) is 5.92 Å². The van der Waals surface area contributed by atoms with E-state index in [0.29, 0.717) is 17.7 Å². The van der Waals surface area contributed by atoms with E-state index in [2.05, 4.69) is 26.1 Å². The molecule has 1 saturated carbocycles. The van der Waals surface area contributed by atoms with Crippen molar-refractivity contribution in [3.63, 3.8) is 0 Å². The van der Waals surface area contributed by atoms with Gasteiger partial charge in [-0.2, -0.15) is 0 Å². The lowest BCUT2D eigenvalue weighted by Gasteiger charge is -2.49. The van der Waals surface area contributed by atoms with Crippen LogP contribution in [0.15, 0.2) is 0 Å². The van der Waals surface area contributed by atoms with E-state index in [0.717, 1.165) is 12.5 Å². The molecule has 0 aromatic carbocycles. The average Bonchev–Trinajstić information content (AvgIpc) is 2.32. The first kappa shape index (κ1) is 14.3. The Hall–Kier alpha value is -0.0800. The van der Waals surface area contributed by atoms with Crippen LogP contribution in [0.25, 0.3) is 0 Å². The highest BCUT2D eigenvalue weighted by molar-refractivity contribution is 4.96. The summed E-state index contributed by atoms with van der Waals surface area (Å²) in [4.78, 5) is 0. The summed E-state index contributed by atoms with van der Waals surface area (Å²) < 4.78 is 6.06. The Morgan fingerprint density at radius 3 is 2.67 bits per heavy atom. The van der Waals surface area contributed by atoms with Crippen LogP contribution in [0.4, 0.5) is 0 Å². The lowest BCUT2D eigenvalue weighted by Crippen LogP contribution is -2.51. The maximum absolute atomic E-state index is 6.06. The van der Waals surface area contributed by atoms with Crippen LogP contribution in [-0.4, -0.2) is 24.3 Å². The first-order valence-corrected chi connectivity index (χ1v) is 8.05. The summed E-state index contributed by atoms with van der Waals surface area (Å²) in [6.45, 7) is 7.84. The molecule has 1 heterocycles. The van der Waals surface area contributed by atoms with Crippen molar-refractivity contribution in [3.05, 3.63) is 0 Å². The van der Waals surface area contributed by atoms with Crippen molar-refractivity contribution >= 4 is 0 Å². The molecule has 1 spiro atoms. The van der Waals surface area contributed by atoms with Crippen LogP contribution in [-0.2, 0) is 4.74 Å². The smallest absolute Gasteiger partial charge is 0.0685 e. The van der Waals surface area contributed by atoms with Gasteiger partial charge in [-0.1, -0.05) is 33.6 Å². The molecule has 106 valence electrons. The van der Waals surface area contributed by atoms with Gasteiger partial charge in [0.1, 0.15) is 0 Å². The molecule has 2 nitrogen and oxygen atoms in total. The lowest BCUT2D eigenvalue weighted by molar-refractivity contribution is -0.147. The first-order chi connectivity index (χ1) is 8.65. The Morgan fingerprint density at radius 2 is 2.11 bits per heavy atom. The predicted octanol–water partition coefficient (Wildman–Crippen LogP) is 3.89. The Labute approximate surface area is 113 Å². The van der Waals surface area contributed by atoms with Gasteiger partial charge in [0.2, 0.25) is 0 Å². The number of hydrogen-bond donors (Lipinski definition) is 1. The zero-order valence-corrected chi connectivity index (χ0v) is 12.5. The van der Waals surface area contributed by atoms with Gasteiger partial charge in [0, 0.05) is 18.7 Å². The van der Waals surface area contributed by atoms with E-state index < -0.39 is 0 Å². The third-order valence-corrected chi connectivity index (χ3v) is 4.78. The molecule has 2 atom stereocenters. The molecule has 0 bridgehead atoms. The highest BCUT2D eigenvalue weighted by Gasteiger charge is 2.44. The van der Waals surface area contributed by atoms with E-state index in [-0.39, 0.29) is 0 Å². The van der Waals surface area contributed by atoms with Crippen LogP contribution >= 0.6 is 0 Å². The highest BCUT2D eigenvalue weighted by atomic mass is 16.5. The second-order valence-corrected chi connectivity index (χ2v) is 6.71. The number of unbranched alkanes of at least 4 members (excludes halogenated alkanes) is 1. The number of ether oxygens (including phenoxy) is 1. The van der Waals surface area contributed by atoms with Gasteiger partial charge in [-0.15, -0.1) is 0 Å². The molecule has 1 aliphatic carbocycles. The summed E-state index contributed by atoms with van der Waals surface area (Å²) in [5.41, 5.74) is 0.298. The normalized spacial score (nSPS) is 28.3. The molecule has 2 fully saturated rings. The first-order valence-electron chi connectivity index (χ1n) is 8.05. The molecule has 1 N–H and O–H groups in total. The summed E-state index contributed by atoms with van der Waals surface area (Å²) in [5.74, 6) is 0.841. The Bertz CT molecular complexity index is 247. The van der Waals surface area contributed by atoms with Gasteiger partial charge in [-0.3, -0.25) is 0 Å². The summed E-state index contributed by atoms with van der Waals surface area (Å²) in [6.07, 6.45) is 10.6.